The maximum atomic E-state index is 12.5. The van der Waals surface area contributed by atoms with E-state index in [4.69, 9.17) is 0 Å². The molecule has 1 aromatic rings. The highest BCUT2D eigenvalue weighted by atomic mass is 19.3. The monoisotopic (exact) mass is 283 g/mol. The second kappa shape index (κ2) is 5.56. The molecule has 1 fully saturated rings. The van der Waals surface area contributed by atoms with E-state index >= 15 is 0 Å². The minimum Gasteiger partial charge on any atom is -0.479 e. The topological polar surface area (TPSA) is 57.6 Å². The van der Waals surface area contributed by atoms with Crippen molar-refractivity contribution in [3.05, 3.63) is 35.4 Å². The first-order valence-corrected chi connectivity index (χ1v) is 6.31. The van der Waals surface area contributed by atoms with Crippen LogP contribution in [0.25, 0.3) is 0 Å². The molecule has 0 heterocycles. The second-order valence-electron chi connectivity index (χ2n) is 4.87. The third kappa shape index (κ3) is 2.95. The van der Waals surface area contributed by atoms with Crippen LogP contribution in [-0.2, 0) is 9.59 Å². The summed E-state index contributed by atoms with van der Waals surface area (Å²) in [6.07, 6.45) is -1.04. The minimum atomic E-state index is -2.60. The summed E-state index contributed by atoms with van der Waals surface area (Å²) in [7, 11) is 0. The number of benzene rings is 1. The van der Waals surface area contributed by atoms with Gasteiger partial charge in [-0.1, -0.05) is 24.3 Å². The predicted molar refractivity (Wildman–Crippen MR) is 67.3 cm³/mol. The SMILES string of the molecule is CC(=O)N(C1CC1)C(C(=O)O)c1ccc(C(F)F)cc1. The van der Waals surface area contributed by atoms with E-state index in [0.717, 1.165) is 12.8 Å². The van der Waals surface area contributed by atoms with E-state index in [1.54, 1.807) is 0 Å². The summed E-state index contributed by atoms with van der Waals surface area (Å²) in [5.41, 5.74) is 0.169. The molecule has 0 bridgehead atoms. The van der Waals surface area contributed by atoms with Gasteiger partial charge in [-0.3, -0.25) is 4.79 Å². The standard InChI is InChI=1S/C14H15F2NO3/c1-8(18)17(11-6-7-11)12(14(19)20)9-2-4-10(5-3-9)13(15)16/h2-5,11-13H,6-7H2,1H3,(H,19,20). The van der Waals surface area contributed by atoms with E-state index in [-0.39, 0.29) is 17.5 Å². The number of aliphatic carboxylic acids is 1. The normalized spacial score (nSPS) is 16.0. The second-order valence-corrected chi connectivity index (χ2v) is 4.87. The van der Waals surface area contributed by atoms with Gasteiger partial charge in [0.05, 0.1) is 0 Å². The highest BCUT2D eigenvalue weighted by molar-refractivity contribution is 5.84. The first-order chi connectivity index (χ1) is 9.41. The van der Waals surface area contributed by atoms with Crippen LogP contribution in [0.4, 0.5) is 8.78 Å². The van der Waals surface area contributed by atoms with Gasteiger partial charge >= 0.3 is 5.97 Å². The van der Waals surface area contributed by atoms with Gasteiger partial charge in [0.2, 0.25) is 5.91 Å². The van der Waals surface area contributed by atoms with Crippen LogP contribution in [0, 0.1) is 0 Å². The Hall–Kier alpha value is -1.98. The van der Waals surface area contributed by atoms with Gasteiger partial charge in [-0.2, -0.15) is 0 Å². The molecule has 1 atom stereocenters. The van der Waals surface area contributed by atoms with Crippen molar-refractivity contribution in [1.82, 2.24) is 4.90 Å². The Labute approximate surface area is 115 Å². The number of hydrogen-bond acceptors (Lipinski definition) is 2. The van der Waals surface area contributed by atoms with Crippen molar-refractivity contribution in [2.24, 2.45) is 0 Å². The quantitative estimate of drug-likeness (QED) is 0.904. The molecule has 20 heavy (non-hydrogen) atoms. The number of carbonyl (C=O) groups is 2. The average Bonchev–Trinajstić information content (AvgIpc) is 3.19. The van der Waals surface area contributed by atoms with Gasteiger partial charge < -0.3 is 10.0 Å². The van der Waals surface area contributed by atoms with Gasteiger partial charge in [-0.15, -0.1) is 0 Å². The number of carboxylic acids is 1. The molecular formula is C14H15F2NO3. The number of alkyl halides is 2. The van der Waals surface area contributed by atoms with Crippen LogP contribution in [0.3, 0.4) is 0 Å². The molecule has 1 unspecified atom stereocenters. The predicted octanol–water partition coefficient (Wildman–Crippen LogP) is 2.76. The number of carbonyl (C=O) groups excluding carboxylic acids is 1. The lowest BCUT2D eigenvalue weighted by atomic mass is 10.0. The molecule has 1 aromatic carbocycles. The molecule has 108 valence electrons. The Balaban J connectivity index is 2.32. The summed E-state index contributed by atoms with van der Waals surface area (Å²) in [5.74, 6) is -1.48. The summed E-state index contributed by atoms with van der Waals surface area (Å²) in [4.78, 5) is 24.4. The number of nitrogens with zero attached hydrogens (tertiary/aromatic N) is 1. The third-order valence-electron chi connectivity index (χ3n) is 3.32. The molecule has 1 aliphatic rings. The van der Waals surface area contributed by atoms with Crippen molar-refractivity contribution >= 4 is 11.9 Å². The Morgan fingerprint density at radius 3 is 2.05 bits per heavy atom. The van der Waals surface area contributed by atoms with E-state index in [9.17, 15) is 23.5 Å². The lowest BCUT2D eigenvalue weighted by molar-refractivity contribution is -0.150. The van der Waals surface area contributed by atoms with E-state index in [0.29, 0.717) is 5.56 Å². The number of carboxylic acid groups (broad SMARTS) is 1. The van der Waals surface area contributed by atoms with Crippen LogP contribution in [0.2, 0.25) is 0 Å². The zero-order valence-corrected chi connectivity index (χ0v) is 10.9. The molecule has 2 rings (SSSR count). The van der Waals surface area contributed by atoms with Crippen LogP contribution in [0.1, 0.15) is 43.4 Å². The zero-order chi connectivity index (χ0) is 14.9. The summed E-state index contributed by atoms with van der Waals surface area (Å²) < 4.78 is 25.0. The van der Waals surface area contributed by atoms with Gasteiger partial charge in [0.25, 0.3) is 6.43 Å². The van der Waals surface area contributed by atoms with Crippen molar-refractivity contribution in [3.63, 3.8) is 0 Å². The Morgan fingerprint density at radius 1 is 1.20 bits per heavy atom. The maximum Gasteiger partial charge on any atom is 0.331 e. The van der Waals surface area contributed by atoms with Crippen molar-refractivity contribution in [1.29, 1.82) is 0 Å². The highest BCUT2D eigenvalue weighted by Gasteiger charge is 2.39. The number of amides is 1. The van der Waals surface area contributed by atoms with Gasteiger partial charge in [0.15, 0.2) is 6.04 Å². The largest absolute Gasteiger partial charge is 0.479 e. The average molecular weight is 283 g/mol. The molecule has 4 nitrogen and oxygen atoms in total. The summed E-state index contributed by atoms with van der Waals surface area (Å²) >= 11 is 0. The molecule has 1 amide bonds. The first-order valence-electron chi connectivity index (χ1n) is 6.31. The smallest absolute Gasteiger partial charge is 0.331 e. The van der Waals surface area contributed by atoms with Crippen molar-refractivity contribution < 1.29 is 23.5 Å². The van der Waals surface area contributed by atoms with E-state index in [1.807, 2.05) is 0 Å². The summed E-state index contributed by atoms with van der Waals surface area (Å²) in [5, 5.41) is 9.36. The fourth-order valence-electron chi connectivity index (χ4n) is 2.25. The Morgan fingerprint density at radius 2 is 1.70 bits per heavy atom. The molecule has 1 saturated carbocycles. The van der Waals surface area contributed by atoms with Crippen LogP contribution in [0.5, 0.6) is 0 Å². The van der Waals surface area contributed by atoms with Gasteiger partial charge in [0, 0.05) is 18.5 Å². The fraction of sp³-hybridized carbons (Fsp3) is 0.429. The van der Waals surface area contributed by atoms with Crippen LogP contribution >= 0.6 is 0 Å². The molecule has 0 spiro atoms. The molecule has 0 saturated heterocycles. The van der Waals surface area contributed by atoms with Gasteiger partial charge in [0.1, 0.15) is 0 Å². The van der Waals surface area contributed by atoms with E-state index in [2.05, 4.69) is 0 Å². The van der Waals surface area contributed by atoms with Gasteiger partial charge in [-0.25, -0.2) is 13.6 Å². The van der Waals surface area contributed by atoms with Crippen LogP contribution < -0.4 is 0 Å². The van der Waals surface area contributed by atoms with E-state index < -0.39 is 18.4 Å². The molecule has 0 radical (unpaired) electrons. The lowest BCUT2D eigenvalue weighted by Crippen LogP contribution is -2.39. The molecular weight excluding hydrogens is 268 g/mol. The van der Waals surface area contributed by atoms with E-state index in [1.165, 1.54) is 36.1 Å². The highest BCUT2D eigenvalue weighted by Crippen LogP contribution is 2.35. The molecule has 1 aliphatic carbocycles. The number of rotatable bonds is 5. The maximum absolute atomic E-state index is 12.5. The minimum absolute atomic E-state index is 0.0663. The fourth-order valence-corrected chi connectivity index (χ4v) is 2.25. The molecule has 0 aliphatic heterocycles. The Bertz CT molecular complexity index is 512. The Kier molecular flexibility index (Phi) is 4.01. The first kappa shape index (κ1) is 14.4. The lowest BCUT2D eigenvalue weighted by Gasteiger charge is -2.28. The molecule has 0 aromatic heterocycles. The number of halogens is 2. The third-order valence-corrected chi connectivity index (χ3v) is 3.32. The molecule has 1 N–H and O–H groups in total. The summed E-state index contributed by atoms with van der Waals surface area (Å²) in [6.45, 7) is 1.32. The van der Waals surface area contributed by atoms with Crippen molar-refractivity contribution in [2.75, 3.05) is 0 Å². The van der Waals surface area contributed by atoms with Gasteiger partial charge in [-0.05, 0) is 18.4 Å². The molecule has 6 heteroatoms. The van der Waals surface area contributed by atoms with Crippen molar-refractivity contribution in [2.45, 2.75) is 38.3 Å². The zero-order valence-electron chi connectivity index (χ0n) is 10.9. The van der Waals surface area contributed by atoms with Crippen LogP contribution in [-0.4, -0.2) is 27.9 Å². The summed E-state index contributed by atoms with van der Waals surface area (Å²) in [6, 6.07) is 3.90. The van der Waals surface area contributed by atoms with Crippen LogP contribution in [0.15, 0.2) is 24.3 Å². The number of hydrogen-bond donors (Lipinski definition) is 1. The van der Waals surface area contributed by atoms with Crippen molar-refractivity contribution in [3.8, 4) is 0 Å².